The van der Waals surface area contributed by atoms with E-state index in [1.807, 2.05) is 6.07 Å². The van der Waals surface area contributed by atoms with Gasteiger partial charge in [-0.25, -0.2) is 4.39 Å². The lowest BCUT2D eigenvalue weighted by Crippen LogP contribution is -2.35. The Bertz CT molecular complexity index is 1020. The van der Waals surface area contributed by atoms with E-state index < -0.39 is 0 Å². The molecule has 1 fully saturated rings. The van der Waals surface area contributed by atoms with Crippen LogP contribution in [-0.2, 0) is 13.5 Å². The monoisotopic (exact) mass is 377 g/mol. The molecule has 1 aliphatic carbocycles. The number of benzene rings is 2. The van der Waals surface area contributed by atoms with Gasteiger partial charge in [-0.3, -0.25) is 4.90 Å². The van der Waals surface area contributed by atoms with E-state index in [1.54, 1.807) is 12.1 Å². The first-order valence-corrected chi connectivity index (χ1v) is 10.3. The zero-order valence-electron chi connectivity index (χ0n) is 16.9. The van der Waals surface area contributed by atoms with Crippen LogP contribution in [0.2, 0.25) is 0 Å². The Morgan fingerprint density at radius 3 is 2.68 bits per heavy atom. The van der Waals surface area contributed by atoms with Crippen molar-refractivity contribution in [2.45, 2.75) is 30.8 Å². The van der Waals surface area contributed by atoms with E-state index in [-0.39, 0.29) is 5.82 Å². The molecule has 4 heteroatoms. The fourth-order valence-corrected chi connectivity index (χ4v) is 5.50. The van der Waals surface area contributed by atoms with E-state index in [0.29, 0.717) is 18.0 Å². The molecule has 28 heavy (non-hydrogen) atoms. The number of likely N-dealkylation sites (N-methyl/N-ethyl adjacent to an activating group) is 1. The highest BCUT2D eigenvalue weighted by Crippen LogP contribution is 2.43. The van der Waals surface area contributed by atoms with Gasteiger partial charge in [-0.05, 0) is 61.8 Å². The second kappa shape index (κ2) is 6.71. The van der Waals surface area contributed by atoms with Gasteiger partial charge in [0.15, 0.2) is 0 Å². The van der Waals surface area contributed by atoms with Crippen LogP contribution >= 0.6 is 0 Å². The average Bonchev–Trinajstić information content (AvgIpc) is 3.37. The maximum atomic E-state index is 13.9. The van der Waals surface area contributed by atoms with E-state index in [2.05, 4.69) is 66.0 Å². The van der Waals surface area contributed by atoms with Gasteiger partial charge in [0.1, 0.15) is 5.82 Å². The molecule has 3 aromatic rings. The Labute approximate surface area is 166 Å². The van der Waals surface area contributed by atoms with Crippen molar-refractivity contribution < 1.29 is 4.39 Å². The smallest absolute Gasteiger partial charge is 0.123 e. The highest BCUT2D eigenvalue weighted by molar-refractivity contribution is 5.84. The van der Waals surface area contributed by atoms with Crippen molar-refractivity contribution in [2.24, 2.45) is 7.05 Å². The summed E-state index contributed by atoms with van der Waals surface area (Å²) in [4.78, 5) is 4.97. The van der Waals surface area contributed by atoms with Crippen molar-refractivity contribution in [3.8, 4) is 0 Å². The molecule has 146 valence electrons. The van der Waals surface area contributed by atoms with Gasteiger partial charge in [-0.2, -0.15) is 0 Å². The van der Waals surface area contributed by atoms with Gasteiger partial charge >= 0.3 is 0 Å². The number of likely N-dealkylation sites (tertiary alicyclic amines) is 1. The summed E-state index contributed by atoms with van der Waals surface area (Å²) >= 11 is 0. The lowest BCUT2D eigenvalue weighted by atomic mass is 9.93. The van der Waals surface area contributed by atoms with Crippen LogP contribution < -0.4 is 0 Å². The average molecular weight is 378 g/mol. The highest BCUT2D eigenvalue weighted by Gasteiger charge is 2.41. The second-order valence-electron chi connectivity index (χ2n) is 8.70. The summed E-state index contributed by atoms with van der Waals surface area (Å²) in [6.45, 7) is 2.05. The summed E-state index contributed by atoms with van der Waals surface area (Å²) in [5, 5.41) is 1.36. The summed E-state index contributed by atoms with van der Waals surface area (Å²) in [5.41, 5.74) is 5.26. The fourth-order valence-electron chi connectivity index (χ4n) is 5.50. The topological polar surface area (TPSA) is 11.4 Å². The Morgan fingerprint density at radius 2 is 1.86 bits per heavy atom. The highest BCUT2D eigenvalue weighted by atomic mass is 19.1. The molecule has 5 rings (SSSR count). The number of fused-ring (bicyclic) bond motifs is 2. The van der Waals surface area contributed by atoms with Gasteiger partial charge < -0.3 is 9.47 Å². The molecule has 3 nitrogen and oxygen atoms in total. The number of hydrogen-bond donors (Lipinski definition) is 0. The van der Waals surface area contributed by atoms with Crippen molar-refractivity contribution in [1.29, 1.82) is 0 Å². The van der Waals surface area contributed by atoms with Crippen LogP contribution in [0.4, 0.5) is 4.39 Å². The summed E-state index contributed by atoms with van der Waals surface area (Å²) in [6, 6.07) is 14.9. The van der Waals surface area contributed by atoms with Crippen LogP contribution in [0.25, 0.3) is 10.9 Å². The molecule has 1 saturated heterocycles. The molecule has 2 heterocycles. The van der Waals surface area contributed by atoms with E-state index >= 15 is 0 Å². The van der Waals surface area contributed by atoms with Crippen LogP contribution in [0.1, 0.15) is 35.1 Å². The van der Waals surface area contributed by atoms with Gasteiger partial charge in [0.25, 0.3) is 0 Å². The molecule has 0 N–H and O–H groups in total. The first-order valence-electron chi connectivity index (χ1n) is 10.3. The van der Waals surface area contributed by atoms with Gasteiger partial charge in [-0.15, -0.1) is 0 Å². The summed E-state index contributed by atoms with van der Waals surface area (Å²) in [7, 11) is 6.52. The zero-order chi connectivity index (χ0) is 19.4. The maximum Gasteiger partial charge on any atom is 0.123 e. The summed E-state index contributed by atoms with van der Waals surface area (Å²) in [6.07, 6.45) is 4.47. The van der Waals surface area contributed by atoms with E-state index in [9.17, 15) is 4.39 Å². The minimum absolute atomic E-state index is 0.111. The van der Waals surface area contributed by atoms with Crippen LogP contribution in [0, 0.1) is 5.82 Å². The Morgan fingerprint density at radius 1 is 1.04 bits per heavy atom. The Kier molecular flexibility index (Phi) is 4.29. The van der Waals surface area contributed by atoms with Crippen molar-refractivity contribution in [1.82, 2.24) is 14.4 Å². The number of para-hydroxylation sites is 1. The van der Waals surface area contributed by atoms with Crippen LogP contribution in [0.5, 0.6) is 0 Å². The molecular weight excluding hydrogens is 349 g/mol. The number of aromatic nitrogens is 1. The predicted octanol–water partition coefficient (Wildman–Crippen LogP) is 4.33. The lowest BCUT2D eigenvalue weighted by molar-refractivity contribution is 0.216. The SMILES string of the molecule is CN(C)[C@H]1CN([C@H]2CCc3ccc(F)cc32)C[C@@H]1c1cn(C)c2ccccc12. The normalized spacial score (nSPS) is 25.1. The van der Waals surface area contributed by atoms with Crippen LogP contribution in [0.15, 0.2) is 48.7 Å². The predicted molar refractivity (Wildman–Crippen MR) is 112 cm³/mol. The lowest BCUT2D eigenvalue weighted by Gasteiger charge is -2.26. The van der Waals surface area contributed by atoms with Crippen molar-refractivity contribution >= 4 is 10.9 Å². The van der Waals surface area contributed by atoms with Crippen molar-refractivity contribution in [2.75, 3.05) is 27.2 Å². The van der Waals surface area contributed by atoms with Gasteiger partial charge in [0.05, 0.1) is 0 Å². The third-order valence-corrected chi connectivity index (χ3v) is 6.90. The third-order valence-electron chi connectivity index (χ3n) is 6.90. The molecule has 0 radical (unpaired) electrons. The molecule has 0 unspecified atom stereocenters. The molecule has 3 atom stereocenters. The Hall–Kier alpha value is -2.17. The van der Waals surface area contributed by atoms with Gasteiger partial charge in [0.2, 0.25) is 0 Å². The first kappa shape index (κ1) is 17.9. The molecule has 2 aliphatic rings. The van der Waals surface area contributed by atoms with Crippen LogP contribution in [-0.4, -0.2) is 47.6 Å². The minimum atomic E-state index is -0.111. The van der Waals surface area contributed by atoms with Crippen molar-refractivity contribution in [3.63, 3.8) is 0 Å². The molecule has 0 spiro atoms. The van der Waals surface area contributed by atoms with Gasteiger partial charge in [-0.1, -0.05) is 24.3 Å². The Balaban J connectivity index is 1.51. The van der Waals surface area contributed by atoms with Gasteiger partial charge in [0, 0.05) is 55.2 Å². The van der Waals surface area contributed by atoms with Crippen LogP contribution in [0.3, 0.4) is 0 Å². The number of nitrogens with zero attached hydrogens (tertiary/aromatic N) is 3. The maximum absolute atomic E-state index is 13.9. The number of rotatable bonds is 3. The quantitative estimate of drug-likeness (QED) is 0.673. The second-order valence-corrected chi connectivity index (χ2v) is 8.70. The number of aryl methyl sites for hydroxylation is 2. The largest absolute Gasteiger partial charge is 0.350 e. The molecule has 0 saturated carbocycles. The molecule has 0 bridgehead atoms. The van der Waals surface area contributed by atoms with E-state index in [4.69, 9.17) is 0 Å². The molecule has 0 amide bonds. The molecule has 1 aromatic heterocycles. The molecule has 1 aliphatic heterocycles. The van der Waals surface area contributed by atoms with Crippen molar-refractivity contribution in [3.05, 3.63) is 71.2 Å². The molecular formula is C24H28FN3. The van der Waals surface area contributed by atoms with E-state index in [1.165, 1.54) is 27.6 Å². The van der Waals surface area contributed by atoms with E-state index in [0.717, 1.165) is 25.9 Å². The number of hydrogen-bond acceptors (Lipinski definition) is 2. The minimum Gasteiger partial charge on any atom is -0.350 e. The fraction of sp³-hybridized carbons (Fsp3) is 0.417. The third kappa shape index (κ3) is 2.78. The number of halogens is 1. The standard InChI is InChI=1S/C24H28FN3/c1-26(2)24-15-28(23-11-9-16-8-10-17(25)12-19(16)23)14-21(24)20-13-27(3)22-7-5-4-6-18(20)22/h4-8,10,12-13,21,23-24H,9,11,14-15H2,1-3H3/t21-,23+,24+/m1/s1. The summed E-state index contributed by atoms with van der Waals surface area (Å²) in [5.74, 6) is 0.346. The molecule has 2 aromatic carbocycles. The summed E-state index contributed by atoms with van der Waals surface area (Å²) < 4.78 is 16.2. The first-order chi connectivity index (χ1) is 13.5. The zero-order valence-corrected chi connectivity index (χ0v) is 16.9.